The van der Waals surface area contributed by atoms with Crippen molar-refractivity contribution in [3.05, 3.63) is 94.5 Å². The lowest BCUT2D eigenvalue weighted by atomic mass is 10.2. The minimum Gasteiger partial charge on any atom is -0.426 e. The molecule has 0 radical (unpaired) electrons. The smallest absolute Gasteiger partial charge is 0.321 e. The minimum absolute atomic E-state index is 0.263. The highest BCUT2D eigenvalue weighted by atomic mass is 35.5. The van der Waals surface area contributed by atoms with Crippen LogP contribution in [0.1, 0.15) is 21.5 Å². The normalized spacial score (nSPS) is 10.4. The number of benzene rings is 3. The van der Waals surface area contributed by atoms with Crippen molar-refractivity contribution >= 4 is 40.9 Å². The topological polar surface area (TPSA) is 55.4 Å². The Balaban J connectivity index is 1.48. The molecule has 0 heterocycles. The number of ether oxygens (including phenoxy) is 1. The van der Waals surface area contributed by atoms with Crippen molar-refractivity contribution in [2.75, 3.05) is 11.1 Å². The molecule has 3 aromatic rings. The van der Waals surface area contributed by atoms with Crippen LogP contribution in [0.15, 0.2) is 72.8 Å². The Morgan fingerprint density at radius 1 is 1.00 bits per heavy atom. The van der Waals surface area contributed by atoms with Crippen molar-refractivity contribution in [2.24, 2.45) is 0 Å². The number of halogens is 1. The number of amides is 1. The summed E-state index contributed by atoms with van der Waals surface area (Å²) in [5.74, 6) is 0.841. The second-order valence-corrected chi connectivity index (χ2v) is 7.81. The average molecular weight is 426 g/mol. The largest absolute Gasteiger partial charge is 0.426 e. The summed E-state index contributed by atoms with van der Waals surface area (Å²) in [6.45, 7) is 2.04. The molecule has 0 fully saturated rings. The van der Waals surface area contributed by atoms with Crippen molar-refractivity contribution in [3.63, 3.8) is 0 Å². The molecule has 0 aromatic heterocycles. The maximum atomic E-state index is 12.3. The van der Waals surface area contributed by atoms with Crippen LogP contribution in [0.4, 0.5) is 5.69 Å². The van der Waals surface area contributed by atoms with Crippen LogP contribution in [-0.4, -0.2) is 17.6 Å². The Hall–Kier alpha value is -2.76. The van der Waals surface area contributed by atoms with Gasteiger partial charge in [0.15, 0.2) is 0 Å². The quantitative estimate of drug-likeness (QED) is 0.387. The predicted octanol–water partition coefficient (Wildman–Crippen LogP) is 5.74. The van der Waals surface area contributed by atoms with Crippen LogP contribution in [0.5, 0.6) is 5.75 Å². The van der Waals surface area contributed by atoms with Gasteiger partial charge >= 0.3 is 5.97 Å². The fourth-order valence-corrected chi connectivity index (χ4v) is 3.63. The van der Waals surface area contributed by atoms with Gasteiger partial charge in [0.2, 0.25) is 0 Å². The van der Waals surface area contributed by atoms with Gasteiger partial charge in [-0.2, -0.15) is 0 Å². The number of hydrogen-bond donors (Lipinski definition) is 1. The summed E-state index contributed by atoms with van der Waals surface area (Å²) >= 11 is 7.54. The van der Waals surface area contributed by atoms with Gasteiger partial charge in [-0.3, -0.25) is 9.59 Å². The van der Waals surface area contributed by atoms with E-state index in [1.54, 1.807) is 48.5 Å². The molecule has 1 N–H and O–H groups in total. The SMILES string of the molecule is Cc1cccc(CSCC(=O)Oc2ccc(NC(=O)c3ccccc3Cl)cc2)c1. The molecular weight excluding hydrogens is 406 g/mol. The van der Waals surface area contributed by atoms with E-state index in [1.807, 2.05) is 25.1 Å². The Bertz CT molecular complexity index is 1010. The first kappa shape index (κ1) is 21.0. The molecule has 0 aliphatic heterocycles. The van der Waals surface area contributed by atoms with E-state index in [2.05, 4.69) is 11.4 Å². The molecule has 148 valence electrons. The summed E-state index contributed by atoms with van der Waals surface area (Å²) < 4.78 is 5.35. The minimum atomic E-state index is -0.310. The number of aryl methyl sites for hydroxylation is 1. The third-order valence-electron chi connectivity index (χ3n) is 4.03. The summed E-state index contributed by atoms with van der Waals surface area (Å²) in [4.78, 5) is 24.3. The predicted molar refractivity (Wildman–Crippen MR) is 119 cm³/mol. The Labute approximate surface area is 179 Å². The molecule has 0 unspecified atom stereocenters. The highest BCUT2D eigenvalue weighted by Gasteiger charge is 2.10. The molecule has 0 spiro atoms. The number of thioether (sulfide) groups is 1. The van der Waals surface area contributed by atoms with Crippen molar-refractivity contribution in [1.82, 2.24) is 0 Å². The lowest BCUT2D eigenvalue weighted by Crippen LogP contribution is -2.13. The zero-order valence-corrected chi connectivity index (χ0v) is 17.4. The molecule has 0 saturated carbocycles. The van der Waals surface area contributed by atoms with Crippen LogP contribution in [0.25, 0.3) is 0 Å². The van der Waals surface area contributed by atoms with E-state index in [0.29, 0.717) is 22.0 Å². The number of carbonyl (C=O) groups is 2. The van der Waals surface area contributed by atoms with Crippen LogP contribution in [0.3, 0.4) is 0 Å². The van der Waals surface area contributed by atoms with Gasteiger partial charge in [-0.25, -0.2) is 0 Å². The molecule has 0 aliphatic carbocycles. The van der Waals surface area contributed by atoms with E-state index in [4.69, 9.17) is 16.3 Å². The molecule has 1 amide bonds. The fraction of sp³-hybridized carbons (Fsp3) is 0.130. The fourth-order valence-electron chi connectivity index (χ4n) is 2.67. The molecule has 0 atom stereocenters. The maximum Gasteiger partial charge on any atom is 0.321 e. The van der Waals surface area contributed by atoms with E-state index in [0.717, 1.165) is 5.75 Å². The van der Waals surface area contributed by atoms with Gasteiger partial charge in [-0.1, -0.05) is 53.6 Å². The standard InChI is InChI=1S/C23H20ClNO3S/c1-16-5-4-6-17(13-16)14-29-15-22(26)28-19-11-9-18(10-12-19)25-23(27)20-7-2-3-8-21(20)24/h2-13H,14-15H2,1H3,(H,25,27). The molecular formula is C23H20ClNO3S. The van der Waals surface area contributed by atoms with Gasteiger partial charge in [0, 0.05) is 11.4 Å². The summed E-state index contributed by atoms with van der Waals surface area (Å²) in [5.41, 5.74) is 3.37. The molecule has 29 heavy (non-hydrogen) atoms. The highest BCUT2D eigenvalue weighted by molar-refractivity contribution is 7.99. The van der Waals surface area contributed by atoms with Crippen molar-refractivity contribution in [2.45, 2.75) is 12.7 Å². The number of hydrogen-bond acceptors (Lipinski definition) is 4. The lowest BCUT2D eigenvalue weighted by Gasteiger charge is -2.08. The van der Waals surface area contributed by atoms with Crippen LogP contribution in [0, 0.1) is 6.92 Å². The van der Waals surface area contributed by atoms with E-state index >= 15 is 0 Å². The molecule has 3 aromatic carbocycles. The van der Waals surface area contributed by atoms with Gasteiger partial charge in [0.25, 0.3) is 5.91 Å². The van der Waals surface area contributed by atoms with Gasteiger partial charge in [0.1, 0.15) is 5.75 Å². The molecule has 3 rings (SSSR count). The number of anilines is 1. The van der Waals surface area contributed by atoms with Crippen LogP contribution >= 0.6 is 23.4 Å². The van der Waals surface area contributed by atoms with Crippen molar-refractivity contribution in [1.29, 1.82) is 0 Å². The first-order chi connectivity index (χ1) is 14.0. The van der Waals surface area contributed by atoms with Crippen LogP contribution in [-0.2, 0) is 10.5 Å². The third kappa shape index (κ3) is 6.38. The second-order valence-electron chi connectivity index (χ2n) is 6.41. The molecule has 0 bridgehead atoms. The molecule has 6 heteroatoms. The second kappa shape index (κ2) is 10.1. The van der Waals surface area contributed by atoms with Crippen molar-refractivity contribution < 1.29 is 14.3 Å². The molecule has 0 aliphatic rings. The number of nitrogens with one attached hydrogen (secondary N) is 1. The van der Waals surface area contributed by atoms with E-state index in [9.17, 15) is 9.59 Å². The first-order valence-electron chi connectivity index (χ1n) is 9.01. The van der Waals surface area contributed by atoms with Gasteiger partial charge in [0.05, 0.1) is 16.3 Å². The Morgan fingerprint density at radius 2 is 1.76 bits per heavy atom. The van der Waals surface area contributed by atoms with Gasteiger partial charge in [-0.15, -0.1) is 11.8 Å². The monoisotopic (exact) mass is 425 g/mol. The number of carbonyl (C=O) groups excluding carboxylic acids is 2. The molecule has 0 saturated heterocycles. The number of esters is 1. The zero-order valence-electron chi connectivity index (χ0n) is 15.9. The Morgan fingerprint density at radius 3 is 2.48 bits per heavy atom. The van der Waals surface area contributed by atoms with E-state index in [1.165, 1.54) is 22.9 Å². The molecule has 4 nitrogen and oxygen atoms in total. The average Bonchev–Trinajstić information content (AvgIpc) is 2.70. The summed E-state index contributed by atoms with van der Waals surface area (Å²) in [6.07, 6.45) is 0. The van der Waals surface area contributed by atoms with Crippen molar-refractivity contribution in [3.8, 4) is 5.75 Å². The summed E-state index contributed by atoms with van der Waals surface area (Å²) in [6, 6.07) is 21.7. The Kier molecular flexibility index (Phi) is 7.33. The van der Waals surface area contributed by atoms with Gasteiger partial charge in [-0.05, 0) is 48.9 Å². The summed E-state index contributed by atoms with van der Waals surface area (Å²) in [5, 5.41) is 3.16. The first-order valence-corrected chi connectivity index (χ1v) is 10.5. The highest BCUT2D eigenvalue weighted by Crippen LogP contribution is 2.20. The van der Waals surface area contributed by atoms with Crippen LogP contribution in [0.2, 0.25) is 5.02 Å². The number of rotatable bonds is 7. The lowest BCUT2D eigenvalue weighted by molar-refractivity contribution is -0.131. The third-order valence-corrected chi connectivity index (χ3v) is 5.34. The maximum absolute atomic E-state index is 12.3. The van der Waals surface area contributed by atoms with Crippen LogP contribution < -0.4 is 10.1 Å². The zero-order chi connectivity index (χ0) is 20.6. The van der Waals surface area contributed by atoms with Gasteiger partial charge < -0.3 is 10.1 Å². The van der Waals surface area contributed by atoms with E-state index < -0.39 is 0 Å². The van der Waals surface area contributed by atoms with E-state index in [-0.39, 0.29) is 17.6 Å². The summed E-state index contributed by atoms with van der Waals surface area (Å²) in [7, 11) is 0.